The highest BCUT2D eigenvalue weighted by atomic mass is 31.3. The molecule has 7 unspecified atom stereocenters. The van der Waals surface area contributed by atoms with Gasteiger partial charge in [-0.3, -0.25) is 4.52 Å². The van der Waals surface area contributed by atoms with E-state index in [-0.39, 0.29) is 73.1 Å². The molecule has 0 bridgehead atoms. The molecule has 7 atom stereocenters. The van der Waals surface area contributed by atoms with Crippen molar-refractivity contribution in [3.8, 4) is 63.2 Å². The highest BCUT2D eigenvalue weighted by molar-refractivity contribution is 7.81. The topological polar surface area (TPSA) is 232 Å². The number of rotatable bonds is 18. The molecule has 11 aromatic carbocycles. The summed E-state index contributed by atoms with van der Waals surface area (Å²) in [4.78, 5) is 0. The molecule has 1 aliphatic carbocycles. The van der Waals surface area contributed by atoms with Crippen molar-refractivity contribution >= 4 is 76.2 Å². The Morgan fingerprint density at radius 3 is 0.981 bits per heavy atom. The molecule has 0 saturated heterocycles. The minimum Gasteiger partial charge on any atom is -0.456 e. The van der Waals surface area contributed by atoms with Crippen molar-refractivity contribution in [3.63, 3.8) is 0 Å². The highest BCUT2D eigenvalue weighted by Gasteiger charge is 2.54. The third kappa shape index (κ3) is 12.8. The maximum Gasteiger partial charge on any atom is 0.460 e. The fourth-order valence-electron chi connectivity index (χ4n) is 13.6. The molecule has 0 radical (unpaired) electrons. The summed E-state index contributed by atoms with van der Waals surface area (Å²) >= 11 is 0. The van der Waals surface area contributed by atoms with E-state index in [0.29, 0.717) is 45.1 Å². The molecule has 105 heavy (non-hydrogen) atoms. The van der Waals surface area contributed by atoms with Gasteiger partial charge in [0, 0.05) is 11.1 Å². The molecule has 24 heteroatoms. The molecule has 3 N–H and O–H groups in total. The van der Waals surface area contributed by atoms with E-state index >= 15 is 13.7 Å². The monoisotopic (exact) mass is 1510 g/mol. The first-order valence-corrected chi connectivity index (χ1v) is 43.9. The van der Waals surface area contributed by atoms with Crippen LogP contribution in [-0.4, -0.2) is 27.3 Å². The molecule has 16 rings (SSSR count). The van der Waals surface area contributed by atoms with Crippen LogP contribution in [0.15, 0.2) is 286 Å². The second kappa shape index (κ2) is 27.5. The summed E-state index contributed by atoms with van der Waals surface area (Å²) in [5.41, 5.74) is 4.80. The van der Waals surface area contributed by atoms with Crippen LogP contribution in [0, 0.1) is 41.5 Å². The fraction of sp³-hybridized carbons (Fsp3) is 0.136. The van der Waals surface area contributed by atoms with Gasteiger partial charge in [0.15, 0.2) is 21.4 Å². The number of hydrogen-bond donors (Lipinski definition) is 3. The molecule has 0 aromatic heterocycles. The van der Waals surface area contributed by atoms with Crippen molar-refractivity contribution < 1.29 is 70.4 Å². The number of allylic oxidation sites excluding steroid dienone is 2. The number of fused-ring (bicyclic) bond motifs is 6. The summed E-state index contributed by atoms with van der Waals surface area (Å²) in [5, 5.41) is 42.5. The van der Waals surface area contributed by atoms with E-state index in [1.54, 1.807) is 224 Å². The molecule has 0 saturated carbocycles. The quantitative estimate of drug-likeness (QED) is 0.0678. The van der Waals surface area contributed by atoms with E-state index in [2.05, 4.69) is 0 Å². The van der Waals surface area contributed by atoms with Crippen molar-refractivity contribution in [2.75, 3.05) is 0 Å². The third-order valence-corrected chi connectivity index (χ3v) is 36.1. The Bertz CT molecular complexity index is 5350. The Morgan fingerprint density at radius 2 is 0.638 bits per heavy atom. The van der Waals surface area contributed by atoms with Gasteiger partial charge in [0.2, 0.25) is 0 Å². The van der Waals surface area contributed by atoms with Crippen molar-refractivity contribution in [2.45, 2.75) is 71.6 Å². The first-order valence-electron chi connectivity index (χ1n) is 34.0. The third-order valence-electron chi connectivity index (χ3n) is 18.6. The van der Waals surface area contributed by atoms with E-state index in [9.17, 15) is 15.3 Å². The fourth-order valence-corrected chi connectivity index (χ4v) is 32.2. The zero-order valence-corrected chi connectivity index (χ0v) is 63.1. The zero-order valence-electron chi connectivity index (χ0n) is 57.7. The van der Waals surface area contributed by atoms with E-state index in [0.717, 1.165) is 33.4 Å². The molecule has 530 valence electrons. The number of nitrogens with zero attached hydrogens (tertiary/aromatic N) is 3. The summed E-state index contributed by atoms with van der Waals surface area (Å²) in [6.07, 6.45) is 3.93. The Morgan fingerprint density at radius 1 is 0.352 bits per heavy atom. The predicted molar refractivity (Wildman–Crippen MR) is 414 cm³/mol. The molecule has 5 aliphatic rings. The summed E-state index contributed by atoms with van der Waals surface area (Å²) in [5.74, 6) is -3.49. The normalized spacial score (nSPS) is 21.0. The average Bonchev–Trinajstić information content (AvgIpc) is 0.727. The molecule has 4 aliphatic heterocycles. The first-order chi connectivity index (χ1) is 50.6. The summed E-state index contributed by atoms with van der Waals surface area (Å²) in [7, 11) is -27.6. The van der Waals surface area contributed by atoms with Gasteiger partial charge in [0.1, 0.15) is 80.8 Å². The Kier molecular flexibility index (Phi) is 18.3. The Hall–Kier alpha value is -9.48. The minimum atomic E-state index is -4.97. The second-order valence-corrected chi connectivity index (χ2v) is 40.9. The van der Waals surface area contributed by atoms with Crippen LogP contribution in [0.4, 0.5) is 0 Å². The van der Waals surface area contributed by atoms with Crippen LogP contribution in [0.5, 0.6) is 63.2 Å². The van der Waals surface area contributed by atoms with Crippen molar-refractivity contribution in [1.29, 1.82) is 0 Å². The number of hydrogen-bond acceptors (Lipinski definition) is 18. The van der Waals surface area contributed by atoms with Gasteiger partial charge >= 0.3 is 23.0 Å². The van der Waals surface area contributed by atoms with Crippen LogP contribution >= 0.6 is 44.4 Å². The molecular formula is C81H71N3O15P6. The van der Waals surface area contributed by atoms with Gasteiger partial charge in [-0.1, -0.05) is 184 Å². The Labute approximate surface area is 608 Å². The molecule has 0 spiro atoms. The standard InChI is InChI=1S/C81H71N3O15P6/c1-52-34-40-67-73(46-52)100(88,74-47-53(2)35-41-68(74)91-67)79(85)61-28-16-19-31-64(61)97-103(94-58-22-10-7-11-23-58)82-104(95-59-24-12-8-13-25-59,98-65-32-20-17-29-62(65)80(86)101(89)75-48-54(3)36-42-69(75)92-70-43-37-55(4)49-76(70)101)84-105(83-103,96-60-26-14-9-15-27-60)99-66-33-21-18-30-63(66)81(87)102(90)77-50-56(5)38-44-71(77)93-72-45-39-57(6)51-78(72)102/h7-32,34-51,66,79-81,85-87H,33H2,1-6H3. The van der Waals surface area contributed by atoms with Crippen molar-refractivity contribution in [3.05, 3.63) is 317 Å². The number of aliphatic hydroxyl groups is 3. The number of aryl methyl sites for hydroxylation is 6. The molecule has 4 heterocycles. The molecule has 18 nitrogen and oxygen atoms in total. The van der Waals surface area contributed by atoms with E-state index in [1.165, 1.54) is 0 Å². The number of para-hydroxylation sites is 5. The summed E-state index contributed by atoms with van der Waals surface area (Å²) in [6.45, 7) is 11.2. The summed E-state index contributed by atoms with van der Waals surface area (Å²) in [6, 6.07) is 71.1. The lowest BCUT2D eigenvalue weighted by atomic mass is 10.0. The van der Waals surface area contributed by atoms with Gasteiger partial charge in [0.05, 0.1) is 37.9 Å². The maximum absolute atomic E-state index is 16.9. The van der Waals surface area contributed by atoms with Crippen LogP contribution in [0.2, 0.25) is 0 Å². The van der Waals surface area contributed by atoms with Gasteiger partial charge in [-0.25, -0.2) is 0 Å². The van der Waals surface area contributed by atoms with Gasteiger partial charge in [0.25, 0.3) is 0 Å². The second-order valence-electron chi connectivity index (χ2n) is 26.4. The average molecular weight is 1510 g/mol. The van der Waals surface area contributed by atoms with E-state index in [1.807, 2.05) is 84.0 Å². The van der Waals surface area contributed by atoms with Crippen molar-refractivity contribution in [2.24, 2.45) is 13.5 Å². The largest absolute Gasteiger partial charge is 0.460 e. The van der Waals surface area contributed by atoms with Crippen LogP contribution in [-0.2, 0) is 18.2 Å². The first kappa shape index (κ1) is 69.9. The van der Waals surface area contributed by atoms with Crippen LogP contribution < -0.4 is 68.7 Å². The Balaban J connectivity index is 0.965. The summed E-state index contributed by atoms with van der Waals surface area (Å²) < 4.78 is 132. The molecule has 0 fully saturated rings. The number of aliphatic hydroxyl groups excluding tert-OH is 3. The SMILES string of the molecule is Cc1ccc2c(c1)P(=O)(C(O)C1=CC=CCC1OP1(Oc3ccccc3)=NP(Oc3ccccc3)(Oc3ccccc3C(O)P3(=O)c4cc(C)ccc4Oc4ccc(C)cc43)=NP(Oc3ccccc3)(Oc3ccccc3C(O)P3(=O)c4cc(C)ccc4Oc4ccc(C)cc43)=N1)c1cc(C)ccc1O2. The smallest absolute Gasteiger partial charge is 0.456 e. The van der Waals surface area contributed by atoms with Crippen LogP contribution in [0.25, 0.3) is 0 Å². The molecule has 0 amide bonds. The van der Waals surface area contributed by atoms with E-state index < -0.39 is 68.0 Å². The number of benzene rings is 11. The van der Waals surface area contributed by atoms with Gasteiger partial charge in [-0.2, -0.15) is 0 Å². The van der Waals surface area contributed by atoms with Crippen LogP contribution in [0.3, 0.4) is 0 Å². The number of ether oxygens (including phenoxy) is 3. The van der Waals surface area contributed by atoms with E-state index in [4.69, 9.17) is 54.9 Å². The van der Waals surface area contributed by atoms with Gasteiger partial charge < -0.3 is 65.8 Å². The van der Waals surface area contributed by atoms with Crippen LogP contribution in [0.1, 0.15) is 62.6 Å². The lowest BCUT2D eigenvalue weighted by Gasteiger charge is -2.38. The minimum absolute atomic E-state index is 0.00631. The molecule has 11 aromatic rings. The van der Waals surface area contributed by atoms with Crippen molar-refractivity contribution in [1.82, 2.24) is 0 Å². The lowest BCUT2D eigenvalue weighted by Crippen LogP contribution is -2.35. The van der Waals surface area contributed by atoms with Gasteiger partial charge in [-0.15, -0.1) is 9.03 Å². The zero-order chi connectivity index (χ0) is 72.6. The lowest BCUT2D eigenvalue weighted by molar-refractivity contribution is 0.192. The highest BCUT2D eigenvalue weighted by Crippen LogP contribution is 2.80. The predicted octanol–water partition coefficient (Wildman–Crippen LogP) is 20.0. The molecular weight excluding hydrogens is 1440 g/mol. The van der Waals surface area contributed by atoms with Gasteiger partial charge in [-0.05, 0) is 175 Å². The maximum atomic E-state index is 16.9.